The molecular formula is C14H16O2. The number of rotatable bonds is 2. The van der Waals surface area contributed by atoms with Gasteiger partial charge in [-0.2, -0.15) is 0 Å². The maximum atomic E-state index is 11.3. The topological polar surface area (TPSA) is 37.3 Å². The summed E-state index contributed by atoms with van der Waals surface area (Å²) in [6.45, 7) is 5.56. The molecular weight excluding hydrogens is 200 g/mol. The second-order valence-corrected chi connectivity index (χ2v) is 4.91. The quantitative estimate of drug-likeness (QED) is 0.825. The Bertz CT molecular complexity index is 482. The van der Waals surface area contributed by atoms with Gasteiger partial charge >= 0.3 is 5.97 Å². The van der Waals surface area contributed by atoms with Crippen molar-refractivity contribution in [2.45, 2.75) is 27.2 Å². The number of hydrogen-bond acceptors (Lipinski definition) is 1. The lowest BCUT2D eigenvalue weighted by atomic mass is 9.81. The smallest absolute Gasteiger partial charge is 0.313 e. The van der Waals surface area contributed by atoms with E-state index in [-0.39, 0.29) is 0 Å². The molecule has 0 aromatic heterocycles. The van der Waals surface area contributed by atoms with Crippen LogP contribution in [0.1, 0.15) is 30.5 Å². The summed E-state index contributed by atoms with van der Waals surface area (Å²) >= 11 is 0. The molecule has 1 aliphatic rings. The molecule has 1 aromatic carbocycles. The van der Waals surface area contributed by atoms with Crippen LogP contribution in [-0.2, 0) is 11.2 Å². The Labute approximate surface area is 95.6 Å². The minimum atomic E-state index is -0.807. The molecule has 2 rings (SSSR count). The Morgan fingerprint density at radius 1 is 1.38 bits per heavy atom. The van der Waals surface area contributed by atoms with Crippen molar-refractivity contribution in [3.8, 4) is 0 Å². The molecule has 0 saturated carbocycles. The number of fused-ring (bicyclic) bond motifs is 1. The van der Waals surface area contributed by atoms with E-state index in [9.17, 15) is 9.90 Å². The van der Waals surface area contributed by atoms with Crippen molar-refractivity contribution >= 4 is 11.5 Å². The van der Waals surface area contributed by atoms with Gasteiger partial charge in [0, 0.05) is 0 Å². The molecule has 1 aliphatic carbocycles. The van der Waals surface area contributed by atoms with Crippen LogP contribution in [0.3, 0.4) is 0 Å². The number of carboxylic acid groups (broad SMARTS) is 1. The first kappa shape index (κ1) is 10.9. The molecule has 0 amide bonds. The van der Waals surface area contributed by atoms with Crippen LogP contribution < -0.4 is 0 Å². The van der Waals surface area contributed by atoms with Gasteiger partial charge in [-0.25, -0.2) is 0 Å². The van der Waals surface area contributed by atoms with E-state index in [1.807, 2.05) is 13.0 Å². The number of hydrogen-bond donors (Lipinski definition) is 1. The van der Waals surface area contributed by atoms with E-state index in [0.29, 0.717) is 0 Å². The Balaban J connectivity index is 2.50. The molecule has 0 saturated heterocycles. The highest BCUT2D eigenvalue weighted by Crippen LogP contribution is 2.40. The van der Waals surface area contributed by atoms with E-state index in [1.54, 1.807) is 13.8 Å². The zero-order valence-corrected chi connectivity index (χ0v) is 9.87. The van der Waals surface area contributed by atoms with Gasteiger partial charge in [0.25, 0.3) is 0 Å². The third kappa shape index (κ3) is 1.54. The fraction of sp³-hybridized carbons (Fsp3) is 0.357. The Morgan fingerprint density at radius 3 is 2.69 bits per heavy atom. The second-order valence-electron chi connectivity index (χ2n) is 4.91. The molecule has 0 fully saturated rings. The van der Waals surface area contributed by atoms with Crippen LogP contribution in [0.4, 0.5) is 0 Å². The van der Waals surface area contributed by atoms with E-state index in [1.165, 1.54) is 11.1 Å². The van der Waals surface area contributed by atoms with E-state index >= 15 is 0 Å². The summed E-state index contributed by atoms with van der Waals surface area (Å²) in [5, 5.41) is 9.26. The number of carboxylic acids is 1. The first-order valence-electron chi connectivity index (χ1n) is 5.47. The van der Waals surface area contributed by atoms with Crippen LogP contribution in [0.15, 0.2) is 24.3 Å². The van der Waals surface area contributed by atoms with Crippen LogP contribution in [0.5, 0.6) is 0 Å². The Hall–Kier alpha value is -1.57. The first-order chi connectivity index (χ1) is 7.43. The van der Waals surface area contributed by atoms with Crippen molar-refractivity contribution in [1.82, 2.24) is 0 Å². The summed E-state index contributed by atoms with van der Waals surface area (Å²) in [6.07, 6.45) is 2.89. The normalized spacial score (nSPS) is 14.6. The van der Waals surface area contributed by atoms with Crippen LogP contribution in [-0.4, -0.2) is 11.1 Å². The van der Waals surface area contributed by atoms with E-state index in [4.69, 9.17) is 0 Å². The van der Waals surface area contributed by atoms with Gasteiger partial charge < -0.3 is 5.11 Å². The van der Waals surface area contributed by atoms with E-state index in [0.717, 1.165) is 17.6 Å². The molecule has 0 aliphatic heterocycles. The highest BCUT2D eigenvalue weighted by molar-refractivity contribution is 5.93. The minimum absolute atomic E-state index is 0.770. The maximum Gasteiger partial charge on any atom is 0.313 e. The van der Waals surface area contributed by atoms with Crippen LogP contribution >= 0.6 is 0 Å². The molecule has 1 N–H and O–H groups in total. The third-order valence-corrected chi connectivity index (χ3v) is 3.29. The highest BCUT2D eigenvalue weighted by atomic mass is 16.4. The van der Waals surface area contributed by atoms with Crippen LogP contribution in [0.25, 0.3) is 5.57 Å². The van der Waals surface area contributed by atoms with Gasteiger partial charge in [0.05, 0.1) is 5.41 Å². The van der Waals surface area contributed by atoms with E-state index < -0.39 is 11.4 Å². The van der Waals surface area contributed by atoms with Gasteiger partial charge in [-0.05, 0) is 43.9 Å². The lowest BCUT2D eigenvalue weighted by molar-refractivity contribution is -0.143. The second kappa shape index (κ2) is 3.48. The van der Waals surface area contributed by atoms with E-state index in [2.05, 4.69) is 18.2 Å². The van der Waals surface area contributed by atoms with Crippen molar-refractivity contribution in [3.05, 3.63) is 41.0 Å². The summed E-state index contributed by atoms with van der Waals surface area (Å²) in [7, 11) is 0. The summed E-state index contributed by atoms with van der Waals surface area (Å²) in [5.41, 5.74) is 3.65. The SMILES string of the molecule is Cc1ccc2c(c1)C(C(C)(C)C(=O)O)=CC2. The van der Waals surface area contributed by atoms with Gasteiger partial charge in [0.15, 0.2) is 0 Å². The Morgan fingerprint density at radius 2 is 2.06 bits per heavy atom. The number of aliphatic carboxylic acids is 1. The Kier molecular flexibility index (Phi) is 2.38. The zero-order chi connectivity index (χ0) is 11.9. The standard InChI is InChI=1S/C14H16O2/c1-9-4-5-10-6-7-12(11(10)8-9)14(2,3)13(15)16/h4-5,7-8H,6H2,1-3H3,(H,15,16). The molecule has 0 bridgehead atoms. The summed E-state index contributed by atoms with van der Waals surface area (Å²) in [4.78, 5) is 11.3. The number of aryl methyl sites for hydroxylation is 1. The predicted octanol–water partition coefficient (Wildman–Crippen LogP) is 3.05. The third-order valence-electron chi connectivity index (χ3n) is 3.29. The molecule has 0 radical (unpaired) electrons. The lowest BCUT2D eigenvalue weighted by Crippen LogP contribution is -2.24. The number of benzene rings is 1. The molecule has 0 heterocycles. The monoisotopic (exact) mass is 216 g/mol. The largest absolute Gasteiger partial charge is 0.481 e. The highest BCUT2D eigenvalue weighted by Gasteiger charge is 2.35. The summed E-state index contributed by atoms with van der Waals surface area (Å²) in [6, 6.07) is 6.24. The van der Waals surface area contributed by atoms with Crippen molar-refractivity contribution in [3.63, 3.8) is 0 Å². The van der Waals surface area contributed by atoms with Crippen molar-refractivity contribution in [1.29, 1.82) is 0 Å². The molecule has 16 heavy (non-hydrogen) atoms. The van der Waals surface area contributed by atoms with Crippen molar-refractivity contribution in [2.24, 2.45) is 5.41 Å². The molecule has 84 valence electrons. The summed E-state index contributed by atoms with van der Waals surface area (Å²) < 4.78 is 0. The molecule has 1 aromatic rings. The van der Waals surface area contributed by atoms with Gasteiger partial charge in [0.1, 0.15) is 0 Å². The number of allylic oxidation sites excluding steroid dienone is 1. The maximum absolute atomic E-state index is 11.3. The molecule has 2 nitrogen and oxygen atoms in total. The lowest BCUT2D eigenvalue weighted by Gasteiger charge is -2.22. The van der Waals surface area contributed by atoms with Gasteiger partial charge in [-0.3, -0.25) is 4.79 Å². The van der Waals surface area contributed by atoms with Gasteiger partial charge in [-0.15, -0.1) is 0 Å². The van der Waals surface area contributed by atoms with Crippen molar-refractivity contribution < 1.29 is 9.90 Å². The van der Waals surface area contributed by atoms with Gasteiger partial charge in [0.2, 0.25) is 0 Å². The average molecular weight is 216 g/mol. The summed E-state index contributed by atoms with van der Waals surface area (Å²) in [5.74, 6) is -0.770. The molecule has 0 atom stereocenters. The minimum Gasteiger partial charge on any atom is -0.481 e. The fourth-order valence-corrected chi connectivity index (χ4v) is 2.15. The molecule has 0 unspecified atom stereocenters. The van der Waals surface area contributed by atoms with Crippen LogP contribution in [0, 0.1) is 12.3 Å². The average Bonchev–Trinajstić information content (AvgIpc) is 2.60. The zero-order valence-electron chi connectivity index (χ0n) is 9.87. The predicted molar refractivity (Wildman–Crippen MR) is 64.3 cm³/mol. The first-order valence-corrected chi connectivity index (χ1v) is 5.47. The van der Waals surface area contributed by atoms with Crippen molar-refractivity contribution in [2.75, 3.05) is 0 Å². The van der Waals surface area contributed by atoms with Gasteiger partial charge in [-0.1, -0.05) is 29.8 Å². The molecule has 2 heteroatoms. The molecule has 0 spiro atoms. The van der Waals surface area contributed by atoms with Crippen LogP contribution in [0.2, 0.25) is 0 Å². The number of carbonyl (C=O) groups is 1. The fourth-order valence-electron chi connectivity index (χ4n) is 2.15.